The average Bonchev–Trinajstić information content (AvgIpc) is 3.31. The number of aryl methyl sites for hydroxylation is 1. The van der Waals surface area contributed by atoms with E-state index in [0.29, 0.717) is 6.54 Å². The molecule has 2 unspecified atom stereocenters. The molecule has 0 spiro atoms. The molecule has 208 valence electrons. The summed E-state index contributed by atoms with van der Waals surface area (Å²) >= 11 is 11.9. The van der Waals surface area contributed by atoms with Crippen molar-refractivity contribution in [1.82, 2.24) is 35.8 Å². The lowest BCUT2D eigenvalue weighted by Gasteiger charge is -2.22. The van der Waals surface area contributed by atoms with E-state index < -0.39 is 39.4 Å². The van der Waals surface area contributed by atoms with Crippen LogP contribution in [0.3, 0.4) is 0 Å². The number of amides is 1. The van der Waals surface area contributed by atoms with Gasteiger partial charge in [-0.3, -0.25) is 24.9 Å². The Morgan fingerprint density at radius 3 is 2.67 bits per heavy atom. The fourth-order valence-electron chi connectivity index (χ4n) is 3.94. The Hall–Kier alpha value is -3.20. The highest BCUT2D eigenvalue weighted by Crippen LogP contribution is 2.29. The molecule has 1 aliphatic rings. The van der Waals surface area contributed by atoms with E-state index in [0.717, 1.165) is 30.4 Å². The summed E-state index contributed by atoms with van der Waals surface area (Å²) in [5.41, 5.74) is 1.11. The van der Waals surface area contributed by atoms with Crippen molar-refractivity contribution in [2.24, 2.45) is 0 Å². The summed E-state index contributed by atoms with van der Waals surface area (Å²) in [5.74, 6) is -2.06. The molecule has 0 saturated carbocycles. The van der Waals surface area contributed by atoms with Gasteiger partial charge in [0.05, 0.1) is 21.8 Å². The highest BCUT2D eigenvalue weighted by molar-refractivity contribution is 7.89. The first-order valence-electron chi connectivity index (χ1n) is 12.0. The van der Waals surface area contributed by atoms with Crippen molar-refractivity contribution >= 4 is 56.0 Å². The molecule has 12 nitrogen and oxygen atoms in total. The molecule has 6 N–H and O–H groups in total. The summed E-state index contributed by atoms with van der Waals surface area (Å²) in [7, 11) is -4.39. The Labute approximate surface area is 234 Å². The number of fused-ring (bicyclic) bond motifs is 1. The Morgan fingerprint density at radius 2 is 1.97 bits per heavy atom. The first kappa shape index (κ1) is 28.8. The van der Waals surface area contributed by atoms with E-state index in [1.165, 1.54) is 18.2 Å². The number of carboxylic acid groups (broad SMARTS) is 1. The van der Waals surface area contributed by atoms with Crippen molar-refractivity contribution in [2.75, 3.05) is 19.6 Å². The molecule has 2 heterocycles. The highest BCUT2D eigenvalue weighted by atomic mass is 35.5. The third-order valence-corrected chi connectivity index (χ3v) is 8.30. The van der Waals surface area contributed by atoms with E-state index in [2.05, 4.69) is 26.4 Å². The van der Waals surface area contributed by atoms with Crippen LogP contribution in [-0.2, 0) is 21.4 Å². The van der Waals surface area contributed by atoms with Gasteiger partial charge in [-0.15, -0.1) is 0 Å². The van der Waals surface area contributed by atoms with Crippen LogP contribution in [-0.4, -0.2) is 67.1 Å². The Morgan fingerprint density at radius 1 is 1.21 bits per heavy atom. The van der Waals surface area contributed by atoms with E-state index in [1.807, 2.05) is 21.7 Å². The number of aromatic nitrogens is 2. The zero-order valence-electron chi connectivity index (χ0n) is 20.5. The molecule has 39 heavy (non-hydrogen) atoms. The van der Waals surface area contributed by atoms with Crippen molar-refractivity contribution in [3.05, 3.63) is 70.5 Å². The smallest absolute Gasteiger partial charge is 0.323 e. The molecular formula is C24H27Cl2N7O5S. The van der Waals surface area contributed by atoms with Crippen molar-refractivity contribution < 1.29 is 23.1 Å². The second-order valence-electron chi connectivity index (χ2n) is 8.63. The minimum Gasteiger partial charge on any atom is -0.480 e. The van der Waals surface area contributed by atoms with Crippen LogP contribution in [0.2, 0.25) is 10.0 Å². The molecule has 1 amide bonds. The van der Waals surface area contributed by atoms with Gasteiger partial charge in [0.25, 0.3) is 5.91 Å². The molecule has 1 aromatic heterocycles. The lowest BCUT2D eigenvalue weighted by molar-refractivity contribution is -0.138. The zero-order valence-corrected chi connectivity index (χ0v) is 22.9. The van der Waals surface area contributed by atoms with Crippen molar-refractivity contribution in [3.8, 4) is 0 Å². The molecule has 2 aromatic carbocycles. The highest BCUT2D eigenvalue weighted by Gasteiger charge is 2.29. The van der Waals surface area contributed by atoms with Crippen LogP contribution in [0.25, 0.3) is 10.9 Å². The van der Waals surface area contributed by atoms with Crippen LogP contribution in [0.15, 0.2) is 59.8 Å². The predicted octanol–water partition coefficient (Wildman–Crippen LogP) is 1.47. The van der Waals surface area contributed by atoms with Crippen LogP contribution in [0.1, 0.15) is 16.8 Å². The monoisotopic (exact) mass is 595 g/mol. The summed E-state index contributed by atoms with van der Waals surface area (Å²) < 4.78 is 29.4. The van der Waals surface area contributed by atoms with Gasteiger partial charge in [0.2, 0.25) is 10.0 Å². The van der Waals surface area contributed by atoms with Crippen molar-refractivity contribution in [2.45, 2.75) is 30.2 Å². The Bertz CT molecular complexity index is 1480. The van der Waals surface area contributed by atoms with E-state index >= 15 is 0 Å². The van der Waals surface area contributed by atoms with Gasteiger partial charge in [-0.2, -0.15) is 9.82 Å². The normalized spacial score (nSPS) is 16.1. The molecule has 0 fully saturated rings. The van der Waals surface area contributed by atoms with E-state index in [4.69, 9.17) is 23.2 Å². The van der Waals surface area contributed by atoms with Gasteiger partial charge < -0.3 is 15.7 Å². The summed E-state index contributed by atoms with van der Waals surface area (Å²) in [6, 6.07) is 7.43. The third-order valence-electron chi connectivity index (χ3n) is 5.87. The van der Waals surface area contributed by atoms with Crippen LogP contribution < -0.4 is 26.0 Å². The summed E-state index contributed by atoms with van der Waals surface area (Å²) in [6.07, 6.45) is 6.40. The molecular weight excluding hydrogens is 569 g/mol. The van der Waals surface area contributed by atoms with Gasteiger partial charge in [0.1, 0.15) is 17.2 Å². The average molecular weight is 596 g/mol. The number of rotatable bonds is 12. The topological polar surface area (TPSA) is 166 Å². The molecule has 3 aromatic rings. The maximum Gasteiger partial charge on any atom is 0.323 e. The Balaban J connectivity index is 1.35. The van der Waals surface area contributed by atoms with Gasteiger partial charge >= 0.3 is 5.97 Å². The standard InChI is InChI=1S/C24H27Cl2N7O5S/c25-17-4-1-5-18(26)21(17)39(37,38)32-19(23(35)36)14-30-22(34)15-6-7-20-16(12-15)13-31-33(20)11-3-10-29-24-27-8-2-9-28-24/h1-2,4-8,12-13,19,24,27-29,32H,3,9-11,14H2,(H,30,34)(H,35,36). The van der Waals surface area contributed by atoms with Gasteiger partial charge in [-0.25, -0.2) is 8.42 Å². The third kappa shape index (κ3) is 7.26. The van der Waals surface area contributed by atoms with Crippen LogP contribution in [0, 0.1) is 0 Å². The Kier molecular flexibility index (Phi) is 9.43. The number of carboxylic acids is 1. The second kappa shape index (κ2) is 12.8. The summed E-state index contributed by atoms with van der Waals surface area (Å²) in [5, 5.41) is 26.6. The van der Waals surface area contributed by atoms with Crippen LogP contribution >= 0.6 is 23.2 Å². The van der Waals surface area contributed by atoms with Gasteiger partial charge in [-0.1, -0.05) is 35.3 Å². The number of hydrogen-bond donors (Lipinski definition) is 6. The quantitative estimate of drug-likeness (QED) is 0.170. The lowest BCUT2D eigenvalue weighted by Crippen LogP contribution is -2.53. The number of nitrogens with zero attached hydrogens (tertiary/aromatic N) is 2. The van der Waals surface area contributed by atoms with E-state index in [1.54, 1.807) is 24.4 Å². The van der Waals surface area contributed by atoms with Crippen LogP contribution in [0.5, 0.6) is 0 Å². The number of nitrogens with one attached hydrogen (secondary N) is 5. The number of carbonyl (C=O) groups excluding carboxylic acids is 1. The van der Waals surface area contributed by atoms with E-state index in [9.17, 15) is 23.1 Å². The molecule has 2 atom stereocenters. The van der Waals surface area contributed by atoms with E-state index in [-0.39, 0.29) is 21.9 Å². The SMILES string of the molecule is O=C(NCC(NS(=O)(=O)c1c(Cl)cccc1Cl)C(=O)O)c1ccc2c(cnn2CCCNC2NC=CCN2)c1. The number of halogens is 2. The molecule has 0 saturated heterocycles. The second-order valence-corrected chi connectivity index (χ2v) is 11.1. The number of sulfonamides is 1. The number of hydrogen-bond acceptors (Lipinski definition) is 8. The molecule has 0 bridgehead atoms. The number of aliphatic carboxylic acids is 1. The van der Waals surface area contributed by atoms with Crippen molar-refractivity contribution in [1.29, 1.82) is 0 Å². The minimum absolute atomic E-state index is 0.0235. The van der Waals surface area contributed by atoms with Crippen LogP contribution in [0.4, 0.5) is 0 Å². The number of carbonyl (C=O) groups is 2. The summed E-state index contributed by atoms with van der Waals surface area (Å²) in [6.45, 7) is 1.71. The fourth-order valence-corrected chi connectivity index (χ4v) is 6.28. The van der Waals surface area contributed by atoms with Crippen molar-refractivity contribution in [3.63, 3.8) is 0 Å². The molecule has 4 rings (SSSR count). The van der Waals surface area contributed by atoms with Gasteiger partial charge in [0.15, 0.2) is 0 Å². The summed E-state index contributed by atoms with van der Waals surface area (Å²) in [4.78, 5) is 24.0. The van der Waals surface area contributed by atoms with Gasteiger partial charge in [0, 0.05) is 37.1 Å². The molecule has 0 aliphatic carbocycles. The first-order valence-corrected chi connectivity index (χ1v) is 14.2. The first-order chi connectivity index (χ1) is 18.7. The zero-order chi connectivity index (χ0) is 28.0. The molecule has 1 aliphatic heterocycles. The number of benzene rings is 2. The maximum absolute atomic E-state index is 12.8. The maximum atomic E-state index is 12.8. The van der Waals surface area contributed by atoms with Gasteiger partial charge in [-0.05, 0) is 43.0 Å². The lowest BCUT2D eigenvalue weighted by atomic mass is 10.1. The predicted molar refractivity (Wildman–Crippen MR) is 147 cm³/mol. The minimum atomic E-state index is -4.39. The fraction of sp³-hybridized carbons (Fsp3) is 0.292. The largest absolute Gasteiger partial charge is 0.480 e. The molecule has 15 heteroatoms. The molecule has 0 radical (unpaired) electrons.